The van der Waals surface area contributed by atoms with Crippen molar-refractivity contribution in [3.8, 4) is 0 Å². The maximum absolute atomic E-state index is 12.0. The van der Waals surface area contributed by atoms with E-state index in [1.807, 2.05) is 75.4 Å². The summed E-state index contributed by atoms with van der Waals surface area (Å²) in [4.78, 5) is 26.0. The Hall–Kier alpha value is -3.06. The van der Waals surface area contributed by atoms with Gasteiger partial charge in [0, 0.05) is 37.1 Å². The van der Waals surface area contributed by atoms with Gasteiger partial charge in [0.05, 0.1) is 5.92 Å². The van der Waals surface area contributed by atoms with Crippen molar-refractivity contribution in [1.82, 2.24) is 4.90 Å². The minimum absolute atomic E-state index is 0.294. The Bertz CT molecular complexity index is 903. The number of hydrogen-bond acceptors (Lipinski definition) is 5. The molecule has 7 heteroatoms. The largest absolute Gasteiger partial charge is 0.481 e. The molecule has 1 saturated heterocycles. The summed E-state index contributed by atoms with van der Waals surface area (Å²) in [6.45, 7) is 7.68. The van der Waals surface area contributed by atoms with E-state index in [0.29, 0.717) is 18.3 Å². The molecule has 1 aliphatic heterocycles. The molecule has 3 rings (SSSR count). The Labute approximate surface area is 189 Å². The number of piperidine rings is 1. The predicted molar refractivity (Wildman–Crippen MR) is 126 cm³/mol. The van der Waals surface area contributed by atoms with E-state index in [-0.39, 0.29) is 0 Å². The number of carbonyl (C=O) groups excluding carboxylic acids is 1. The minimum Gasteiger partial charge on any atom is -0.481 e. The van der Waals surface area contributed by atoms with E-state index in [4.69, 9.17) is 4.74 Å². The summed E-state index contributed by atoms with van der Waals surface area (Å²) in [7, 11) is 0. The second kappa shape index (κ2) is 10.5. The lowest BCUT2D eigenvalue weighted by molar-refractivity contribution is -0.139. The number of carbonyl (C=O) groups is 2. The Kier molecular flexibility index (Phi) is 7.75. The summed E-state index contributed by atoms with van der Waals surface area (Å²) in [6, 6.07) is 17.3. The third-order valence-electron chi connectivity index (χ3n) is 5.41. The molecule has 7 nitrogen and oxygen atoms in total. The number of amides is 1. The molecular weight excluding hydrogens is 406 g/mol. The highest BCUT2D eigenvalue weighted by Crippen LogP contribution is 2.23. The smallest absolute Gasteiger partial charge is 0.412 e. The third-order valence-corrected chi connectivity index (χ3v) is 5.41. The summed E-state index contributed by atoms with van der Waals surface area (Å²) in [6.07, 6.45) is 1.37. The molecule has 0 spiro atoms. The van der Waals surface area contributed by atoms with Gasteiger partial charge < -0.3 is 20.1 Å². The van der Waals surface area contributed by atoms with E-state index < -0.39 is 23.6 Å². The minimum atomic E-state index is -0.786. The molecule has 32 heavy (non-hydrogen) atoms. The number of hydrogen-bond donors (Lipinski definition) is 3. The van der Waals surface area contributed by atoms with Crippen LogP contribution in [-0.2, 0) is 9.53 Å². The van der Waals surface area contributed by atoms with Crippen LogP contribution < -0.4 is 10.6 Å². The highest BCUT2D eigenvalue weighted by Gasteiger charge is 2.26. The second-order valence-electron chi connectivity index (χ2n) is 9.23. The van der Waals surface area contributed by atoms with Gasteiger partial charge in [0.1, 0.15) is 5.60 Å². The van der Waals surface area contributed by atoms with Gasteiger partial charge in [0.25, 0.3) is 0 Å². The first-order chi connectivity index (χ1) is 15.2. The van der Waals surface area contributed by atoms with Crippen molar-refractivity contribution in [2.45, 2.75) is 51.2 Å². The van der Waals surface area contributed by atoms with Crippen LogP contribution >= 0.6 is 0 Å². The van der Waals surface area contributed by atoms with Crippen LogP contribution in [0.2, 0.25) is 0 Å². The van der Waals surface area contributed by atoms with E-state index in [0.717, 1.165) is 37.2 Å². The standard InChI is InChI=1S/C25H33N3O4/c1-25(2,3)32-24(31)27-21-11-7-10-20(16-21)26-19-12-14-28(15-13-19)17-22(23(29)30)18-8-5-4-6-9-18/h4-11,16,19,22,26H,12-15,17H2,1-3H3,(H,27,31)(H,29,30). The number of benzene rings is 2. The fourth-order valence-corrected chi connectivity index (χ4v) is 3.87. The quantitative estimate of drug-likeness (QED) is 0.575. The van der Waals surface area contributed by atoms with Gasteiger partial charge in [-0.3, -0.25) is 10.1 Å². The molecule has 0 aromatic heterocycles. The fraction of sp³-hybridized carbons (Fsp3) is 0.440. The molecule has 0 bridgehead atoms. The van der Waals surface area contributed by atoms with E-state index in [1.54, 1.807) is 0 Å². The maximum Gasteiger partial charge on any atom is 0.412 e. The van der Waals surface area contributed by atoms with Gasteiger partial charge in [-0.2, -0.15) is 0 Å². The van der Waals surface area contributed by atoms with Crippen molar-refractivity contribution in [1.29, 1.82) is 0 Å². The molecule has 1 atom stereocenters. The van der Waals surface area contributed by atoms with Crippen LogP contribution in [0, 0.1) is 0 Å². The van der Waals surface area contributed by atoms with Crippen LogP contribution in [0.1, 0.15) is 45.1 Å². The molecule has 2 aromatic carbocycles. The molecule has 1 aliphatic rings. The number of anilines is 2. The molecule has 172 valence electrons. The van der Waals surface area contributed by atoms with E-state index in [2.05, 4.69) is 15.5 Å². The van der Waals surface area contributed by atoms with Crippen LogP contribution in [0.25, 0.3) is 0 Å². The van der Waals surface area contributed by atoms with Gasteiger partial charge in [-0.05, 0) is 57.4 Å². The first-order valence-electron chi connectivity index (χ1n) is 11.1. The maximum atomic E-state index is 12.0. The lowest BCUT2D eigenvalue weighted by Crippen LogP contribution is -2.42. The van der Waals surface area contributed by atoms with Gasteiger partial charge in [0.2, 0.25) is 0 Å². The average Bonchev–Trinajstić information content (AvgIpc) is 2.72. The number of nitrogens with zero attached hydrogens (tertiary/aromatic N) is 1. The van der Waals surface area contributed by atoms with Gasteiger partial charge in [-0.15, -0.1) is 0 Å². The Morgan fingerprint density at radius 2 is 1.72 bits per heavy atom. The predicted octanol–water partition coefficient (Wildman–Crippen LogP) is 4.78. The molecule has 3 N–H and O–H groups in total. The molecular formula is C25H33N3O4. The normalized spacial score (nSPS) is 16.2. The van der Waals surface area contributed by atoms with E-state index in [1.165, 1.54) is 0 Å². The summed E-state index contributed by atoms with van der Waals surface area (Å²) in [5.74, 6) is -1.30. The number of ether oxygens (including phenoxy) is 1. The Morgan fingerprint density at radius 3 is 2.34 bits per heavy atom. The van der Waals surface area contributed by atoms with Crippen LogP contribution in [0.4, 0.5) is 16.2 Å². The van der Waals surface area contributed by atoms with Gasteiger partial charge in [-0.1, -0.05) is 36.4 Å². The molecule has 2 aromatic rings. The van der Waals surface area contributed by atoms with Crippen molar-refractivity contribution in [3.05, 3.63) is 60.2 Å². The molecule has 1 heterocycles. The number of nitrogens with one attached hydrogen (secondary N) is 2. The van der Waals surface area contributed by atoms with Gasteiger partial charge in [-0.25, -0.2) is 4.79 Å². The van der Waals surface area contributed by atoms with Crippen LogP contribution in [0.5, 0.6) is 0 Å². The van der Waals surface area contributed by atoms with E-state index in [9.17, 15) is 14.7 Å². The van der Waals surface area contributed by atoms with Crippen molar-refractivity contribution in [2.24, 2.45) is 0 Å². The monoisotopic (exact) mass is 439 g/mol. The lowest BCUT2D eigenvalue weighted by atomic mass is 9.96. The van der Waals surface area contributed by atoms with Gasteiger partial charge >= 0.3 is 12.1 Å². The Morgan fingerprint density at radius 1 is 1.06 bits per heavy atom. The van der Waals surface area contributed by atoms with Crippen molar-refractivity contribution < 1.29 is 19.4 Å². The fourth-order valence-electron chi connectivity index (χ4n) is 3.87. The van der Waals surface area contributed by atoms with Crippen molar-refractivity contribution in [2.75, 3.05) is 30.3 Å². The van der Waals surface area contributed by atoms with Crippen LogP contribution in [-0.4, -0.2) is 53.3 Å². The molecule has 0 saturated carbocycles. The zero-order valence-corrected chi connectivity index (χ0v) is 19.0. The molecule has 1 amide bonds. The number of carboxylic acids is 1. The molecule has 0 radical (unpaired) electrons. The number of rotatable bonds is 7. The van der Waals surface area contributed by atoms with Crippen LogP contribution in [0.3, 0.4) is 0 Å². The average molecular weight is 440 g/mol. The lowest BCUT2D eigenvalue weighted by Gasteiger charge is -2.34. The zero-order valence-electron chi connectivity index (χ0n) is 19.0. The second-order valence-corrected chi connectivity index (χ2v) is 9.23. The van der Waals surface area contributed by atoms with Crippen molar-refractivity contribution in [3.63, 3.8) is 0 Å². The Balaban J connectivity index is 1.51. The number of carboxylic acid groups (broad SMARTS) is 1. The van der Waals surface area contributed by atoms with Gasteiger partial charge in [0.15, 0.2) is 0 Å². The van der Waals surface area contributed by atoms with Crippen molar-refractivity contribution >= 4 is 23.4 Å². The summed E-state index contributed by atoms with van der Waals surface area (Å²) < 4.78 is 5.31. The highest BCUT2D eigenvalue weighted by molar-refractivity contribution is 5.85. The molecule has 1 unspecified atom stereocenters. The summed E-state index contributed by atoms with van der Waals surface area (Å²) >= 11 is 0. The van der Waals surface area contributed by atoms with E-state index >= 15 is 0 Å². The zero-order chi connectivity index (χ0) is 23.1. The first-order valence-corrected chi connectivity index (χ1v) is 11.1. The third kappa shape index (κ3) is 7.27. The molecule has 0 aliphatic carbocycles. The van der Waals surface area contributed by atoms with Crippen LogP contribution in [0.15, 0.2) is 54.6 Å². The topological polar surface area (TPSA) is 90.9 Å². The summed E-state index contributed by atoms with van der Waals surface area (Å²) in [5, 5.41) is 16.0. The number of likely N-dealkylation sites (tertiary alicyclic amines) is 1. The number of aliphatic carboxylic acids is 1. The summed E-state index contributed by atoms with van der Waals surface area (Å²) in [5.41, 5.74) is 1.90. The highest BCUT2D eigenvalue weighted by atomic mass is 16.6. The first kappa shape index (κ1) is 23.6. The SMILES string of the molecule is CC(C)(C)OC(=O)Nc1cccc(NC2CCN(CC(C(=O)O)c3ccccc3)CC2)c1. The molecule has 1 fully saturated rings.